The minimum Gasteiger partial charge on any atom is -0.395 e. The number of benzene rings is 2. The first-order valence-corrected chi connectivity index (χ1v) is 12.5. The minimum absolute atomic E-state index is 0.0361. The number of halogens is 1. The molecule has 5 N–H and O–H groups in total. The van der Waals surface area contributed by atoms with Gasteiger partial charge in [-0.2, -0.15) is 4.37 Å². The van der Waals surface area contributed by atoms with Crippen LogP contribution in [0.3, 0.4) is 0 Å². The number of carbonyl (C=O) groups is 3. The third kappa shape index (κ3) is 5.62. The average Bonchev–Trinajstić information content (AvgIpc) is 3.53. The second-order valence-corrected chi connectivity index (χ2v) is 9.69. The highest BCUT2D eigenvalue weighted by Crippen LogP contribution is 2.34. The van der Waals surface area contributed by atoms with Gasteiger partial charge in [0, 0.05) is 18.8 Å². The SMILES string of the molecule is Cc1ccc(N(C(=O)c2snc(C(N)=O)c2N)C(C(=O)NCC2CCCO2)c2ccc(F)cc2)cc1C. The van der Waals surface area contributed by atoms with Crippen molar-refractivity contribution >= 4 is 40.6 Å². The summed E-state index contributed by atoms with van der Waals surface area (Å²) in [6, 6.07) is 9.52. The van der Waals surface area contributed by atoms with E-state index in [4.69, 9.17) is 16.2 Å². The second kappa shape index (κ2) is 11.1. The predicted molar refractivity (Wildman–Crippen MR) is 139 cm³/mol. The molecule has 0 saturated carbocycles. The van der Waals surface area contributed by atoms with Gasteiger partial charge < -0.3 is 21.5 Å². The number of hydrogen-bond acceptors (Lipinski definition) is 7. The first-order valence-electron chi connectivity index (χ1n) is 11.8. The molecule has 2 atom stereocenters. The Morgan fingerprint density at radius 2 is 1.92 bits per heavy atom. The Morgan fingerprint density at radius 1 is 1.19 bits per heavy atom. The van der Waals surface area contributed by atoms with Crippen molar-refractivity contribution in [2.45, 2.75) is 38.8 Å². The molecule has 2 heterocycles. The molecular weight excluding hydrogens is 497 g/mol. The van der Waals surface area contributed by atoms with Crippen LogP contribution in [0.5, 0.6) is 0 Å². The Balaban J connectivity index is 1.82. The van der Waals surface area contributed by atoms with Gasteiger partial charge in [-0.05, 0) is 79.2 Å². The Morgan fingerprint density at radius 3 is 2.51 bits per heavy atom. The van der Waals surface area contributed by atoms with E-state index in [1.54, 1.807) is 12.1 Å². The number of ether oxygens (including phenoxy) is 1. The van der Waals surface area contributed by atoms with Gasteiger partial charge in [-0.15, -0.1) is 0 Å². The number of aromatic nitrogens is 1. The van der Waals surface area contributed by atoms with Gasteiger partial charge in [-0.25, -0.2) is 4.39 Å². The van der Waals surface area contributed by atoms with E-state index >= 15 is 0 Å². The Kier molecular flexibility index (Phi) is 7.84. The van der Waals surface area contributed by atoms with Crippen LogP contribution in [0.4, 0.5) is 15.8 Å². The first kappa shape index (κ1) is 26.2. The Hall–Kier alpha value is -3.83. The molecule has 37 heavy (non-hydrogen) atoms. The zero-order valence-electron chi connectivity index (χ0n) is 20.5. The summed E-state index contributed by atoms with van der Waals surface area (Å²) < 4.78 is 23.4. The molecule has 3 aromatic rings. The number of carbonyl (C=O) groups excluding carboxylic acids is 3. The maximum absolute atomic E-state index is 14.0. The molecule has 3 amide bonds. The quantitative estimate of drug-likeness (QED) is 0.412. The molecule has 194 valence electrons. The fourth-order valence-corrected chi connectivity index (χ4v) is 4.92. The maximum Gasteiger partial charge on any atom is 0.273 e. The van der Waals surface area contributed by atoms with E-state index in [0.717, 1.165) is 35.5 Å². The van der Waals surface area contributed by atoms with Gasteiger partial charge in [0.1, 0.15) is 16.7 Å². The summed E-state index contributed by atoms with van der Waals surface area (Å²) in [4.78, 5) is 40.7. The molecule has 1 aromatic heterocycles. The van der Waals surface area contributed by atoms with Crippen molar-refractivity contribution in [2.24, 2.45) is 5.73 Å². The highest BCUT2D eigenvalue weighted by atomic mass is 32.1. The van der Waals surface area contributed by atoms with Gasteiger partial charge in [-0.1, -0.05) is 18.2 Å². The molecular formula is C26H28FN5O4S. The van der Waals surface area contributed by atoms with Crippen molar-refractivity contribution in [1.29, 1.82) is 0 Å². The maximum atomic E-state index is 14.0. The summed E-state index contributed by atoms with van der Waals surface area (Å²) >= 11 is 0.725. The van der Waals surface area contributed by atoms with Crippen molar-refractivity contribution in [3.63, 3.8) is 0 Å². The monoisotopic (exact) mass is 525 g/mol. The number of amides is 3. The van der Waals surface area contributed by atoms with Crippen LogP contribution in [-0.2, 0) is 9.53 Å². The number of nitrogens with two attached hydrogens (primary N) is 2. The van der Waals surface area contributed by atoms with E-state index in [1.807, 2.05) is 19.9 Å². The van der Waals surface area contributed by atoms with E-state index in [-0.39, 0.29) is 28.9 Å². The van der Waals surface area contributed by atoms with Gasteiger partial charge in [0.2, 0.25) is 5.91 Å². The van der Waals surface area contributed by atoms with Gasteiger partial charge >= 0.3 is 0 Å². The molecule has 0 spiro atoms. The van der Waals surface area contributed by atoms with E-state index in [1.165, 1.54) is 29.2 Å². The predicted octanol–water partition coefficient (Wildman–Crippen LogP) is 3.26. The van der Waals surface area contributed by atoms with Crippen LogP contribution in [-0.4, -0.2) is 41.4 Å². The summed E-state index contributed by atoms with van der Waals surface area (Å²) in [7, 11) is 0. The van der Waals surface area contributed by atoms with E-state index in [2.05, 4.69) is 9.69 Å². The number of aryl methyl sites for hydroxylation is 2. The molecule has 0 radical (unpaired) electrons. The lowest BCUT2D eigenvalue weighted by atomic mass is 10.0. The van der Waals surface area contributed by atoms with Gasteiger partial charge in [0.25, 0.3) is 11.8 Å². The number of rotatable bonds is 8. The average molecular weight is 526 g/mol. The minimum atomic E-state index is -1.19. The standard InChI is InChI=1S/C26H28FN5O4S/c1-14-5-10-18(12-15(14)2)32(26(35)23-20(28)21(24(29)33)31-37-23)22(16-6-8-17(27)9-7-16)25(34)30-13-19-4-3-11-36-19/h5-10,12,19,22H,3-4,11,13,28H2,1-2H3,(H2,29,33)(H,30,34). The first-order chi connectivity index (χ1) is 17.7. The number of nitrogens with zero attached hydrogens (tertiary/aromatic N) is 2. The van der Waals surface area contributed by atoms with Gasteiger partial charge in [0.15, 0.2) is 5.69 Å². The molecule has 0 aliphatic carbocycles. The Bertz CT molecular complexity index is 1320. The zero-order chi connectivity index (χ0) is 26.7. The normalized spacial score (nSPS) is 15.8. The number of nitrogen functional groups attached to an aromatic ring is 1. The topological polar surface area (TPSA) is 141 Å². The third-order valence-electron chi connectivity index (χ3n) is 6.36. The van der Waals surface area contributed by atoms with Crippen molar-refractivity contribution < 1.29 is 23.5 Å². The van der Waals surface area contributed by atoms with Crippen LogP contribution in [0.15, 0.2) is 42.5 Å². The lowest BCUT2D eigenvalue weighted by Crippen LogP contribution is -2.45. The molecule has 4 rings (SSSR count). The Labute approximate surface area is 217 Å². The smallest absolute Gasteiger partial charge is 0.273 e. The molecule has 2 aromatic carbocycles. The summed E-state index contributed by atoms with van der Waals surface area (Å²) in [5.74, 6) is -2.47. The summed E-state index contributed by atoms with van der Waals surface area (Å²) in [6.45, 7) is 4.71. The lowest BCUT2D eigenvalue weighted by molar-refractivity contribution is -0.123. The molecule has 1 saturated heterocycles. The van der Waals surface area contributed by atoms with E-state index in [0.29, 0.717) is 17.9 Å². The molecule has 1 aliphatic heterocycles. The van der Waals surface area contributed by atoms with Crippen molar-refractivity contribution in [3.05, 3.63) is 75.5 Å². The number of anilines is 2. The number of primary amides is 1. The van der Waals surface area contributed by atoms with E-state index in [9.17, 15) is 18.8 Å². The van der Waals surface area contributed by atoms with Crippen molar-refractivity contribution in [3.8, 4) is 0 Å². The summed E-state index contributed by atoms with van der Waals surface area (Å²) in [5, 5.41) is 2.89. The molecule has 1 aliphatic rings. The molecule has 1 fully saturated rings. The fraction of sp³-hybridized carbons (Fsp3) is 0.308. The molecule has 2 unspecified atom stereocenters. The molecule has 0 bridgehead atoms. The summed E-state index contributed by atoms with van der Waals surface area (Å²) in [5.41, 5.74) is 13.8. The zero-order valence-corrected chi connectivity index (χ0v) is 21.3. The van der Waals surface area contributed by atoms with Crippen LogP contribution in [0.25, 0.3) is 0 Å². The van der Waals surface area contributed by atoms with Crippen LogP contribution in [0.2, 0.25) is 0 Å². The third-order valence-corrected chi connectivity index (χ3v) is 7.21. The summed E-state index contributed by atoms with van der Waals surface area (Å²) in [6.07, 6.45) is 1.59. The van der Waals surface area contributed by atoms with Crippen LogP contribution < -0.4 is 21.7 Å². The van der Waals surface area contributed by atoms with Crippen molar-refractivity contribution in [1.82, 2.24) is 9.69 Å². The lowest BCUT2D eigenvalue weighted by Gasteiger charge is -2.32. The van der Waals surface area contributed by atoms with Crippen LogP contribution >= 0.6 is 11.5 Å². The number of hydrogen-bond donors (Lipinski definition) is 3. The largest absolute Gasteiger partial charge is 0.395 e. The fourth-order valence-electron chi connectivity index (χ4n) is 4.18. The second-order valence-electron chi connectivity index (χ2n) is 8.92. The van der Waals surface area contributed by atoms with Gasteiger partial charge in [0.05, 0.1) is 11.8 Å². The van der Waals surface area contributed by atoms with Crippen molar-refractivity contribution in [2.75, 3.05) is 23.8 Å². The highest BCUT2D eigenvalue weighted by molar-refractivity contribution is 7.09. The van der Waals surface area contributed by atoms with Crippen LogP contribution in [0.1, 0.15) is 55.7 Å². The molecule has 11 heteroatoms. The van der Waals surface area contributed by atoms with Gasteiger partial charge in [-0.3, -0.25) is 19.3 Å². The van der Waals surface area contributed by atoms with Crippen LogP contribution in [0, 0.1) is 19.7 Å². The molecule has 9 nitrogen and oxygen atoms in total. The van der Waals surface area contributed by atoms with E-state index < -0.39 is 29.6 Å². The highest BCUT2D eigenvalue weighted by Gasteiger charge is 2.36. The number of nitrogens with one attached hydrogen (secondary N) is 1.